The second-order valence-corrected chi connectivity index (χ2v) is 6.90. The molecule has 1 saturated heterocycles. The smallest absolute Gasteiger partial charge is 0.237 e. The number of nitrogens with one attached hydrogen (secondary N) is 2. The molecule has 1 aliphatic heterocycles. The minimum atomic E-state index is -1.49. The minimum Gasteiger partial charge on any atom is -0.394 e. The first-order valence-corrected chi connectivity index (χ1v) is 8.59. The summed E-state index contributed by atoms with van der Waals surface area (Å²) in [4.78, 5) is 27.4. The summed E-state index contributed by atoms with van der Waals surface area (Å²) in [5.74, 6) is -0.735. The van der Waals surface area contributed by atoms with E-state index >= 15 is 0 Å². The molecule has 1 fully saturated rings. The molecule has 9 heteroatoms. The summed E-state index contributed by atoms with van der Waals surface area (Å²) in [6, 6.07) is 3.28. The molecular weight excluding hydrogens is 334 g/mol. The van der Waals surface area contributed by atoms with Crippen molar-refractivity contribution in [3.8, 4) is 0 Å². The van der Waals surface area contributed by atoms with Crippen LogP contribution in [0.15, 0.2) is 17.5 Å². The van der Waals surface area contributed by atoms with Gasteiger partial charge in [-0.2, -0.15) is 0 Å². The Kier molecular flexibility index (Phi) is 6.69. The Morgan fingerprint density at radius 1 is 1.38 bits per heavy atom. The van der Waals surface area contributed by atoms with E-state index in [2.05, 4.69) is 10.6 Å². The predicted molar refractivity (Wildman–Crippen MR) is 88.3 cm³/mol. The van der Waals surface area contributed by atoms with Crippen LogP contribution in [0.3, 0.4) is 0 Å². The van der Waals surface area contributed by atoms with Gasteiger partial charge in [0.25, 0.3) is 0 Å². The molecule has 5 N–H and O–H groups in total. The van der Waals surface area contributed by atoms with Gasteiger partial charge >= 0.3 is 0 Å². The monoisotopic (exact) mass is 357 g/mol. The van der Waals surface area contributed by atoms with E-state index in [0.717, 1.165) is 4.88 Å². The molecule has 0 aliphatic carbocycles. The fourth-order valence-electron chi connectivity index (χ4n) is 2.57. The molecule has 0 spiro atoms. The summed E-state index contributed by atoms with van der Waals surface area (Å²) in [7, 11) is 0. The molecular formula is C15H23N3O5S. The third kappa shape index (κ3) is 4.52. The number of piperazine rings is 1. The Balaban J connectivity index is 2.03. The first kappa shape index (κ1) is 18.8. The number of hydrogen-bond donors (Lipinski definition) is 5. The van der Waals surface area contributed by atoms with Crippen molar-refractivity contribution in [2.75, 3.05) is 32.9 Å². The molecule has 8 nitrogen and oxygen atoms in total. The molecule has 0 saturated carbocycles. The molecule has 24 heavy (non-hydrogen) atoms. The molecule has 1 aliphatic rings. The summed E-state index contributed by atoms with van der Waals surface area (Å²) in [6.07, 6.45) is -0.112. The van der Waals surface area contributed by atoms with Crippen molar-refractivity contribution in [1.29, 1.82) is 0 Å². The minimum absolute atomic E-state index is 0.112. The van der Waals surface area contributed by atoms with Crippen LogP contribution in [0.2, 0.25) is 0 Å². The second-order valence-electron chi connectivity index (χ2n) is 5.86. The standard InChI is InChI=1S/C15H23N3O5S/c19-8-15(9-20,10-21)17-13(22)6-12-14(23)16-3-4-18(12)7-11-2-1-5-24-11/h1-2,5,12,19-21H,3-4,6-10H2,(H,16,23)(H,17,22). The number of aliphatic hydroxyl groups is 3. The van der Waals surface area contributed by atoms with E-state index in [1.165, 1.54) is 0 Å². The van der Waals surface area contributed by atoms with E-state index in [9.17, 15) is 24.9 Å². The SMILES string of the molecule is O=C(CC1C(=O)NCCN1Cc1cccs1)NC(CO)(CO)CO. The third-order valence-corrected chi connectivity index (χ3v) is 4.93. The van der Waals surface area contributed by atoms with Gasteiger partial charge in [-0.15, -0.1) is 11.3 Å². The number of hydrogen-bond acceptors (Lipinski definition) is 7. The first-order chi connectivity index (χ1) is 11.5. The maximum atomic E-state index is 12.2. The van der Waals surface area contributed by atoms with Crippen molar-refractivity contribution in [3.63, 3.8) is 0 Å². The summed E-state index contributed by atoms with van der Waals surface area (Å²) >= 11 is 1.59. The van der Waals surface area contributed by atoms with E-state index in [-0.39, 0.29) is 12.3 Å². The molecule has 134 valence electrons. The zero-order valence-electron chi connectivity index (χ0n) is 13.3. The maximum absolute atomic E-state index is 12.2. The van der Waals surface area contributed by atoms with Crippen LogP contribution >= 0.6 is 11.3 Å². The lowest BCUT2D eigenvalue weighted by molar-refractivity contribution is -0.135. The van der Waals surface area contributed by atoms with Crippen LogP contribution in [-0.4, -0.2) is 76.5 Å². The molecule has 2 amide bonds. The lowest BCUT2D eigenvalue weighted by Crippen LogP contribution is -2.60. The van der Waals surface area contributed by atoms with E-state index in [4.69, 9.17) is 0 Å². The van der Waals surface area contributed by atoms with E-state index in [1.807, 2.05) is 22.4 Å². The van der Waals surface area contributed by atoms with Crippen LogP contribution in [0, 0.1) is 0 Å². The van der Waals surface area contributed by atoms with Gasteiger partial charge in [-0.25, -0.2) is 0 Å². The van der Waals surface area contributed by atoms with Crippen molar-refractivity contribution < 1.29 is 24.9 Å². The van der Waals surface area contributed by atoms with Gasteiger partial charge < -0.3 is 26.0 Å². The largest absolute Gasteiger partial charge is 0.394 e. The molecule has 2 rings (SSSR count). The number of amides is 2. The van der Waals surface area contributed by atoms with Gasteiger partial charge in [0.15, 0.2) is 0 Å². The van der Waals surface area contributed by atoms with Crippen LogP contribution in [0.5, 0.6) is 0 Å². The van der Waals surface area contributed by atoms with Crippen LogP contribution in [-0.2, 0) is 16.1 Å². The second kappa shape index (κ2) is 8.54. The van der Waals surface area contributed by atoms with E-state index in [0.29, 0.717) is 19.6 Å². The maximum Gasteiger partial charge on any atom is 0.237 e. The van der Waals surface area contributed by atoms with Crippen molar-refractivity contribution in [2.24, 2.45) is 0 Å². The van der Waals surface area contributed by atoms with Crippen LogP contribution in [0.1, 0.15) is 11.3 Å². The molecule has 0 bridgehead atoms. The zero-order chi connectivity index (χ0) is 17.6. The number of rotatable bonds is 8. The van der Waals surface area contributed by atoms with Gasteiger partial charge in [0.1, 0.15) is 5.54 Å². The Morgan fingerprint density at radius 3 is 2.67 bits per heavy atom. The van der Waals surface area contributed by atoms with Gasteiger partial charge in [-0.05, 0) is 11.4 Å². The lowest BCUT2D eigenvalue weighted by Gasteiger charge is -2.35. The van der Waals surface area contributed by atoms with Gasteiger partial charge in [0.2, 0.25) is 11.8 Å². The van der Waals surface area contributed by atoms with Gasteiger partial charge in [-0.3, -0.25) is 14.5 Å². The Morgan fingerprint density at radius 2 is 2.08 bits per heavy atom. The van der Waals surface area contributed by atoms with E-state index < -0.39 is 37.3 Å². The number of thiophene rings is 1. The van der Waals surface area contributed by atoms with Crippen LogP contribution in [0.4, 0.5) is 0 Å². The molecule has 1 atom stereocenters. The Labute approximate surface area is 144 Å². The van der Waals surface area contributed by atoms with E-state index in [1.54, 1.807) is 11.3 Å². The number of carbonyl (C=O) groups is 2. The van der Waals surface area contributed by atoms with Crippen molar-refractivity contribution in [2.45, 2.75) is 24.5 Å². The molecule has 0 radical (unpaired) electrons. The molecule has 1 unspecified atom stereocenters. The normalized spacial score (nSPS) is 19.1. The highest BCUT2D eigenvalue weighted by Crippen LogP contribution is 2.17. The average molecular weight is 357 g/mol. The summed E-state index contributed by atoms with van der Waals surface area (Å²) < 4.78 is 0. The van der Waals surface area contributed by atoms with Gasteiger partial charge in [0, 0.05) is 24.5 Å². The number of carbonyl (C=O) groups excluding carboxylic acids is 2. The van der Waals surface area contributed by atoms with Gasteiger partial charge in [-0.1, -0.05) is 6.07 Å². The highest BCUT2D eigenvalue weighted by atomic mass is 32.1. The Hall–Kier alpha value is -1.52. The first-order valence-electron chi connectivity index (χ1n) is 7.71. The summed E-state index contributed by atoms with van der Waals surface area (Å²) in [5, 5.41) is 35.0. The number of aliphatic hydroxyl groups excluding tert-OH is 3. The lowest BCUT2D eigenvalue weighted by atomic mass is 10.0. The van der Waals surface area contributed by atoms with Crippen LogP contribution in [0.25, 0.3) is 0 Å². The van der Waals surface area contributed by atoms with Crippen molar-refractivity contribution in [3.05, 3.63) is 22.4 Å². The molecule has 0 aromatic carbocycles. The van der Waals surface area contributed by atoms with Crippen LogP contribution < -0.4 is 10.6 Å². The van der Waals surface area contributed by atoms with Crippen molar-refractivity contribution >= 4 is 23.2 Å². The highest BCUT2D eigenvalue weighted by Gasteiger charge is 2.35. The predicted octanol–water partition coefficient (Wildman–Crippen LogP) is -1.73. The number of nitrogens with zero attached hydrogens (tertiary/aromatic N) is 1. The Bertz CT molecular complexity index is 539. The average Bonchev–Trinajstić information content (AvgIpc) is 3.09. The van der Waals surface area contributed by atoms with Crippen molar-refractivity contribution in [1.82, 2.24) is 15.5 Å². The summed E-state index contributed by atoms with van der Waals surface area (Å²) in [5.41, 5.74) is -1.49. The zero-order valence-corrected chi connectivity index (χ0v) is 14.1. The molecule has 1 aromatic rings. The third-order valence-electron chi connectivity index (χ3n) is 4.07. The topological polar surface area (TPSA) is 122 Å². The fourth-order valence-corrected chi connectivity index (χ4v) is 3.30. The summed E-state index contributed by atoms with van der Waals surface area (Å²) in [6.45, 7) is -0.0539. The highest BCUT2D eigenvalue weighted by molar-refractivity contribution is 7.09. The quantitative estimate of drug-likeness (QED) is 0.377. The van der Waals surface area contributed by atoms with Gasteiger partial charge in [0.05, 0.1) is 32.3 Å². The molecule has 1 aromatic heterocycles. The fraction of sp³-hybridized carbons (Fsp3) is 0.600. The molecule has 2 heterocycles.